The van der Waals surface area contributed by atoms with Crippen LogP contribution in [0.1, 0.15) is 12.8 Å². The van der Waals surface area contributed by atoms with Gasteiger partial charge in [-0.2, -0.15) is 4.98 Å². The second-order valence-electron chi connectivity index (χ2n) is 5.07. The largest absolute Gasteiger partial charge is 0.493 e. The summed E-state index contributed by atoms with van der Waals surface area (Å²) in [5, 5.41) is 6.62. The highest BCUT2D eigenvalue weighted by atomic mass is 35.5. The van der Waals surface area contributed by atoms with Gasteiger partial charge in [0, 0.05) is 5.56 Å². The van der Waals surface area contributed by atoms with Crippen molar-refractivity contribution < 1.29 is 23.6 Å². The molecule has 1 saturated heterocycles. The van der Waals surface area contributed by atoms with Crippen LogP contribution in [0.4, 0.5) is 4.79 Å². The minimum absolute atomic E-state index is 0.0362. The van der Waals surface area contributed by atoms with Crippen molar-refractivity contribution in [3.63, 3.8) is 0 Å². The van der Waals surface area contributed by atoms with E-state index in [9.17, 15) is 9.59 Å². The molecule has 1 aromatic heterocycles. The Bertz CT molecular complexity index is 806. The maximum atomic E-state index is 11.6. The third-order valence-electron chi connectivity index (χ3n) is 3.47. The molecule has 0 atom stereocenters. The predicted molar refractivity (Wildman–Crippen MR) is 86.4 cm³/mol. The fourth-order valence-corrected chi connectivity index (χ4v) is 2.59. The van der Waals surface area contributed by atoms with E-state index >= 15 is 0 Å². The number of amides is 3. The molecule has 132 valence electrons. The molecule has 1 N–H and O–H groups in total. The molecule has 1 aromatic carbocycles. The number of hydrogen-bond donors (Lipinski definition) is 1. The monoisotopic (exact) mass is 366 g/mol. The zero-order chi connectivity index (χ0) is 18.0. The van der Waals surface area contributed by atoms with Crippen LogP contribution < -0.4 is 14.8 Å². The Kier molecular flexibility index (Phi) is 4.75. The van der Waals surface area contributed by atoms with E-state index in [1.165, 1.54) is 7.11 Å². The molecule has 3 rings (SSSR count). The average Bonchev–Trinajstić information content (AvgIpc) is 3.19. The topological polar surface area (TPSA) is 107 Å². The number of hydrogen-bond acceptors (Lipinski definition) is 7. The fraction of sp³-hybridized carbons (Fsp3) is 0.333. The van der Waals surface area contributed by atoms with E-state index in [1.807, 2.05) is 6.92 Å². The highest BCUT2D eigenvalue weighted by molar-refractivity contribution is 6.32. The molecule has 1 fully saturated rings. The molecule has 0 spiro atoms. The number of nitrogens with zero attached hydrogens (tertiary/aromatic N) is 3. The maximum absolute atomic E-state index is 11.6. The number of methoxy groups -OCH3 is 1. The van der Waals surface area contributed by atoms with Crippen molar-refractivity contribution in [1.29, 1.82) is 0 Å². The number of benzene rings is 1. The van der Waals surface area contributed by atoms with E-state index in [-0.39, 0.29) is 30.7 Å². The van der Waals surface area contributed by atoms with Gasteiger partial charge in [-0.3, -0.25) is 9.69 Å². The van der Waals surface area contributed by atoms with Gasteiger partial charge >= 0.3 is 6.03 Å². The van der Waals surface area contributed by atoms with Crippen molar-refractivity contribution in [3.05, 3.63) is 23.0 Å². The summed E-state index contributed by atoms with van der Waals surface area (Å²) in [7, 11) is 1.50. The summed E-state index contributed by atoms with van der Waals surface area (Å²) in [5.74, 6) is 0.897. The average molecular weight is 367 g/mol. The Hall–Kier alpha value is -2.81. The standard InChI is InChI=1S/C15H15ClN4O5/c1-3-24-13-9(16)4-8(5-10(13)23-2)14-18-11(25-19-14)7-20-12(21)6-17-15(20)22/h4-5H,3,6-7H2,1-2H3,(H,17,22). The molecular weight excluding hydrogens is 352 g/mol. The van der Waals surface area contributed by atoms with Gasteiger partial charge in [-0.1, -0.05) is 16.8 Å². The molecular formula is C15H15ClN4O5. The molecule has 0 unspecified atom stereocenters. The highest BCUT2D eigenvalue weighted by Gasteiger charge is 2.30. The Morgan fingerprint density at radius 2 is 2.20 bits per heavy atom. The summed E-state index contributed by atoms with van der Waals surface area (Å²) in [5.41, 5.74) is 0.553. The lowest BCUT2D eigenvalue weighted by atomic mass is 10.2. The van der Waals surface area contributed by atoms with Crippen LogP contribution in [-0.2, 0) is 11.3 Å². The van der Waals surface area contributed by atoms with Gasteiger partial charge in [0.1, 0.15) is 6.54 Å². The van der Waals surface area contributed by atoms with Crippen molar-refractivity contribution in [3.8, 4) is 22.9 Å². The number of aromatic nitrogens is 2. The van der Waals surface area contributed by atoms with Gasteiger partial charge in [0.05, 0.1) is 25.3 Å². The lowest BCUT2D eigenvalue weighted by molar-refractivity contribution is -0.125. The first kappa shape index (κ1) is 17.0. The number of halogens is 1. The second kappa shape index (κ2) is 6.98. The fourth-order valence-electron chi connectivity index (χ4n) is 2.32. The Labute approximate surface area is 147 Å². The minimum Gasteiger partial charge on any atom is -0.493 e. The van der Waals surface area contributed by atoms with Crippen LogP contribution in [-0.4, -0.2) is 47.2 Å². The first-order valence-corrected chi connectivity index (χ1v) is 7.82. The minimum atomic E-state index is -0.490. The normalized spacial score (nSPS) is 14.0. The van der Waals surface area contributed by atoms with Crippen LogP contribution in [0.5, 0.6) is 11.5 Å². The van der Waals surface area contributed by atoms with Crippen molar-refractivity contribution in [2.75, 3.05) is 20.3 Å². The van der Waals surface area contributed by atoms with E-state index in [2.05, 4.69) is 15.5 Å². The molecule has 1 aliphatic rings. The number of nitrogens with one attached hydrogen (secondary N) is 1. The molecule has 9 nitrogen and oxygen atoms in total. The molecule has 0 aliphatic carbocycles. The molecule has 1 aliphatic heterocycles. The molecule has 25 heavy (non-hydrogen) atoms. The maximum Gasteiger partial charge on any atom is 0.325 e. The lowest BCUT2D eigenvalue weighted by Gasteiger charge is -2.11. The number of carbonyl (C=O) groups excluding carboxylic acids is 2. The van der Waals surface area contributed by atoms with Crippen molar-refractivity contribution in [2.24, 2.45) is 0 Å². The zero-order valence-corrected chi connectivity index (χ0v) is 14.3. The van der Waals surface area contributed by atoms with E-state index in [1.54, 1.807) is 12.1 Å². The van der Waals surface area contributed by atoms with Crippen LogP contribution in [0, 0.1) is 0 Å². The summed E-state index contributed by atoms with van der Waals surface area (Å²) < 4.78 is 15.9. The van der Waals surface area contributed by atoms with E-state index in [0.29, 0.717) is 28.7 Å². The molecule has 3 amide bonds. The molecule has 0 bridgehead atoms. The summed E-state index contributed by atoms with van der Waals surface area (Å²) in [6.07, 6.45) is 0. The molecule has 0 saturated carbocycles. The van der Waals surface area contributed by atoms with Gasteiger partial charge < -0.3 is 19.3 Å². The van der Waals surface area contributed by atoms with Crippen LogP contribution in [0.3, 0.4) is 0 Å². The lowest BCUT2D eigenvalue weighted by Crippen LogP contribution is -2.30. The number of imide groups is 1. The van der Waals surface area contributed by atoms with E-state index in [4.69, 9.17) is 25.6 Å². The molecule has 0 radical (unpaired) electrons. The van der Waals surface area contributed by atoms with Gasteiger partial charge in [0.15, 0.2) is 11.5 Å². The Balaban J connectivity index is 1.86. The highest BCUT2D eigenvalue weighted by Crippen LogP contribution is 2.38. The number of ether oxygens (including phenoxy) is 2. The summed E-state index contributed by atoms with van der Waals surface area (Å²) in [4.78, 5) is 28.3. The third-order valence-corrected chi connectivity index (χ3v) is 3.76. The Morgan fingerprint density at radius 1 is 1.40 bits per heavy atom. The van der Waals surface area contributed by atoms with Crippen LogP contribution in [0.25, 0.3) is 11.4 Å². The van der Waals surface area contributed by atoms with Gasteiger partial charge in [-0.25, -0.2) is 4.79 Å². The van der Waals surface area contributed by atoms with E-state index < -0.39 is 6.03 Å². The molecule has 10 heteroatoms. The first-order chi connectivity index (χ1) is 12.0. The second-order valence-corrected chi connectivity index (χ2v) is 5.48. The van der Waals surface area contributed by atoms with E-state index in [0.717, 1.165) is 4.90 Å². The number of rotatable bonds is 6. The van der Waals surface area contributed by atoms with Crippen molar-refractivity contribution >= 4 is 23.5 Å². The molecule has 2 heterocycles. The quantitative estimate of drug-likeness (QED) is 0.777. The number of urea groups is 1. The summed E-state index contributed by atoms with van der Waals surface area (Å²) in [6, 6.07) is 2.80. The SMILES string of the molecule is CCOc1c(Cl)cc(-c2noc(CN3C(=O)CNC3=O)n2)cc1OC. The first-order valence-electron chi connectivity index (χ1n) is 7.45. The van der Waals surface area contributed by atoms with Gasteiger partial charge in [-0.05, 0) is 19.1 Å². The van der Waals surface area contributed by atoms with Crippen LogP contribution in [0.2, 0.25) is 5.02 Å². The summed E-state index contributed by atoms with van der Waals surface area (Å²) in [6.45, 7) is 2.14. The Morgan fingerprint density at radius 3 is 2.84 bits per heavy atom. The van der Waals surface area contributed by atoms with Gasteiger partial charge in [-0.15, -0.1) is 0 Å². The van der Waals surface area contributed by atoms with Gasteiger partial charge in [0.2, 0.25) is 11.7 Å². The van der Waals surface area contributed by atoms with Gasteiger partial charge in [0.25, 0.3) is 5.91 Å². The van der Waals surface area contributed by atoms with Crippen LogP contribution in [0.15, 0.2) is 16.7 Å². The zero-order valence-electron chi connectivity index (χ0n) is 13.5. The molecule has 2 aromatic rings. The van der Waals surface area contributed by atoms with Crippen LogP contribution >= 0.6 is 11.6 Å². The smallest absolute Gasteiger partial charge is 0.325 e. The number of carbonyl (C=O) groups is 2. The van der Waals surface area contributed by atoms with Crippen molar-refractivity contribution in [1.82, 2.24) is 20.4 Å². The third kappa shape index (κ3) is 3.36. The van der Waals surface area contributed by atoms with Crippen molar-refractivity contribution in [2.45, 2.75) is 13.5 Å². The summed E-state index contributed by atoms with van der Waals surface area (Å²) >= 11 is 6.23. The predicted octanol–water partition coefficient (Wildman–Crippen LogP) is 1.85.